The number of ether oxygens (including phenoxy) is 3. The number of amides is 3. The molecule has 0 radical (unpaired) electrons. The highest BCUT2D eigenvalue weighted by atomic mass is 16.5. The van der Waals surface area contributed by atoms with Gasteiger partial charge in [-0.1, -0.05) is 13.8 Å². The van der Waals surface area contributed by atoms with Crippen molar-refractivity contribution < 1.29 is 28.6 Å². The van der Waals surface area contributed by atoms with E-state index in [1.54, 1.807) is 30.2 Å². The Labute approximate surface area is 201 Å². The van der Waals surface area contributed by atoms with E-state index in [9.17, 15) is 14.4 Å². The minimum atomic E-state index is -0.666. The molecular formula is C24H38N4O6. The lowest BCUT2D eigenvalue weighted by molar-refractivity contribution is -0.136. The molecule has 10 nitrogen and oxygen atoms in total. The van der Waals surface area contributed by atoms with Crippen LogP contribution in [-0.4, -0.2) is 101 Å². The first kappa shape index (κ1) is 27.4. The van der Waals surface area contributed by atoms with Crippen LogP contribution in [0.15, 0.2) is 18.2 Å². The molecule has 0 aromatic heterocycles. The predicted octanol–water partition coefficient (Wildman–Crippen LogP) is 0.755. The molecule has 190 valence electrons. The number of hydrogen-bond donors (Lipinski definition) is 2. The number of nitrogens with one attached hydrogen (secondary N) is 2. The zero-order valence-corrected chi connectivity index (χ0v) is 20.9. The van der Waals surface area contributed by atoms with Crippen LogP contribution in [0.1, 0.15) is 30.6 Å². The van der Waals surface area contributed by atoms with E-state index in [1.807, 2.05) is 18.7 Å². The smallest absolute Gasteiger partial charge is 0.252 e. The number of methoxy groups -OCH3 is 3. The Morgan fingerprint density at radius 1 is 0.971 bits per heavy atom. The summed E-state index contributed by atoms with van der Waals surface area (Å²) in [5.41, 5.74) is 0.357. The van der Waals surface area contributed by atoms with Crippen LogP contribution in [0.4, 0.5) is 0 Å². The maximum absolute atomic E-state index is 13.2. The van der Waals surface area contributed by atoms with Crippen molar-refractivity contribution in [2.24, 2.45) is 5.92 Å². The first-order valence-electron chi connectivity index (χ1n) is 11.6. The summed E-state index contributed by atoms with van der Waals surface area (Å²) in [5, 5.41) is 5.76. The van der Waals surface area contributed by atoms with Crippen molar-refractivity contribution in [2.75, 3.05) is 67.2 Å². The lowest BCUT2D eigenvalue weighted by atomic mass is 10.0. The van der Waals surface area contributed by atoms with Crippen LogP contribution in [0.2, 0.25) is 0 Å². The van der Waals surface area contributed by atoms with Gasteiger partial charge in [-0.2, -0.15) is 0 Å². The highest BCUT2D eigenvalue weighted by molar-refractivity contribution is 5.98. The summed E-state index contributed by atoms with van der Waals surface area (Å²) in [7, 11) is 4.66. The maximum atomic E-state index is 13.2. The van der Waals surface area contributed by atoms with Crippen molar-refractivity contribution in [3.05, 3.63) is 23.8 Å². The summed E-state index contributed by atoms with van der Waals surface area (Å²) in [6.07, 6.45) is 0.773. The third-order valence-corrected chi connectivity index (χ3v) is 5.73. The molecule has 3 amide bonds. The molecule has 1 aromatic rings. The number of carbonyl (C=O) groups excluding carboxylic acids is 3. The van der Waals surface area contributed by atoms with Crippen molar-refractivity contribution in [2.45, 2.75) is 26.3 Å². The van der Waals surface area contributed by atoms with E-state index in [0.717, 1.165) is 6.42 Å². The Hall–Kier alpha value is -2.85. The quantitative estimate of drug-likeness (QED) is 0.427. The van der Waals surface area contributed by atoms with Crippen LogP contribution in [-0.2, 0) is 14.3 Å². The fraction of sp³-hybridized carbons (Fsp3) is 0.625. The van der Waals surface area contributed by atoms with Crippen LogP contribution in [0, 0.1) is 5.92 Å². The van der Waals surface area contributed by atoms with Gasteiger partial charge >= 0.3 is 0 Å². The van der Waals surface area contributed by atoms with Gasteiger partial charge in [-0.05, 0) is 24.5 Å². The zero-order valence-electron chi connectivity index (χ0n) is 20.9. The van der Waals surface area contributed by atoms with E-state index in [0.29, 0.717) is 62.9 Å². The minimum Gasteiger partial charge on any atom is -0.497 e. The highest BCUT2D eigenvalue weighted by Gasteiger charge is 2.31. The lowest BCUT2D eigenvalue weighted by Gasteiger charge is -2.37. The molecule has 34 heavy (non-hydrogen) atoms. The van der Waals surface area contributed by atoms with Gasteiger partial charge in [0.2, 0.25) is 11.8 Å². The van der Waals surface area contributed by atoms with Crippen LogP contribution in [0.3, 0.4) is 0 Å². The van der Waals surface area contributed by atoms with Crippen molar-refractivity contribution in [1.82, 2.24) is 20.4 Å². The molecule has 2 rings (SSSR count). The fourth-order valence-electron chi connectivity index (χ4n) is 3.70. The summed E-state index contributed by atoms with van der Waals surface area (Å²) in [6.45, 7) is 7.51. The van der Waals surface area contributed by atoms with Gasteiger partial charge in [0.15, 0.2) is 0 Å². The molecule has 10 heteroatoms. The molecule has 1 aliphatic rings. The minimum absolute atomic E-state index is 0.0306. The third-order valence-electron chi connectivity index (χ3n) is 5.73. The summed E-state index contributed by atoms with van der Waals surface area (Å²) in [5.74, 6) is 0.373. The second-order valence-electron chi connectivity index (χ2n) is 8.59. The topological polar surface area (TPSA) is 109 Å². The number of benzene rings is 1. The molecule has 1 unspecified atom stereocenters. The monoisotopic (exact) mass is 478 g/mol. The van der Waals surface area contributed by atoms with Crippen molar-refractivity contribution in [3.63, 3.8) is 0 Å². The molecule has 1 aliphatic heterocycles. The maximum Gasteiger partial charge on any atom is 0.252 e. The molecule has 0 spiro atoms. The van der Waals surface area contributed by atoms with E-state index in [-0.39, 0.29) is 23.6 Å². The summed E-state index contributed by atoms with van der Waals surface area (Å²) >= 11 is 0. The Morgan fingerprint density at radius 3 is 2.12 bits per heavy atom. The molecule has 1 atom stereocenters. The Balaban J connectivity index is 1.92. The molecule has 0 aliphatic carbocycles. The summed E-state index contributed by atoms with van der Waals surface area (Å²) < 4.78 is 15.5. The van der Waals surface area contributed by atoms with Gasteiger partial charge in [0.1, 0.15) is 17.5 Å². The van der Waals surface area contributed by atoms with Crippen molar-refractivity contribution >= 4 is 17.7 Å². The SMILES string of the molecule is COCCCNC(=O)CN1CCN(C(=O)C(NC(=O)c2cc(OC)cc(OC)c2)C(C)C)CC1. The molecule has 0 bridgehead atoms. The molecule has 1 saturated heterocycles. The van der Waals surface area contributed by atoms with E-state index < -0.39 is 6.04 Å². The third kappa shape index (κ3) is 8.18. The number of nitrogens with zero attached hydrogens (tertiary/aromatic N) is 2. The number of rotatable bonds is 12. The first-order chi connectivity index (χ1) is 16.3. The van der Waals surface area contributed by atoms with Crippen LogP contribution in [0.25, 0.3) is 0 Å². The predicted molar refractivity (Wildman–Crippen MR) is 128 cm³/mol. The van der Waals surface area contributed by atoms with Gasteiger partial charge in [-0.3, -0.25) is 19.3 Å². The lowest BCUT2D eigenvalue weighted by Crippen LogP contribution is -2.57. The molecular weight excluding hydrogens is 440 g/mol. The molecule has 0 saturated carbocycles. The van der Waals surface area contributed by atoms with Gasteiger partial charge < -0.3 is 29.7 Å². The Bertz CT molecular complexity index is 801. The number of piperazine rings is 1. The standard InChI is InChI=1S/C24H38N4O6/c1-17(2)22(26-23(30)18-13-19(33-4)15-20(14-18)34-5)24(31)28-10-8-27(9-11-28)16-21(29)25-7-6-12-32-3/h13-15,17,22H,6-12,16H2,1-5H3,(H,25,29)(H,26,30). The van der Waals surface area contributed by atoms with Crippen LogP contribution < -0.4 is 20.1 Å². The molecule has 2 N–H and O–H groups in total. The normalized spacial score (nSPS) is 15.1. The van der Waals surface area contributed by atoms with E-state index >= 15 is 0 Å². The van der Waals surface area contributed by atoms with E-state index in [4.69, 9.17) is 14.2 Å². The first-order valence-corrected chi connectivity index (χ1v) is 11.6. The van der Waals surface area contributed by atoms with E-state index in [2.05, 4.69) is 10.6 Å². The number of carbonyl (C=O) groups is 3. The van der Waals surface area contributed by atoms with Crippen molar-refractivity contribution in [3.8, 4) is 11.5 Å². The van der Waals surface area contributed by atoms with E-state index in [1.165, 1.54) is 14.2 Å². The second kappa shape index (κ2) is 13.8. The summed E-state index contributed by atoms with van der Waals surface area (Å²) in [4.78, 5) is 42.0. The molecule has 1 fully saturated rings. The van der Waals surface area contributed by atoms with Gasteiger partial charge in [0.05, 0.1) is 20.8 Å². The molecule has 1 heterocycles. The Morgan fingerprint density at radius 2 is 1.59 bits per heavy atom. The largest absolute Gasteiger partial charge is 0.497 e. The molecule has 1 aromatic carbocycles. The van der Waals surface area contributed by atoms with Gasteiger partial charge in [0.25, 0.3) is 5.91 Å². The summed E-state index contributed by atoms with van der Waals surface area (Å²) in [6, 6.07) is 4.24. The van der Waals surface area contributed by atoms with Gasteiger partial charge in [0, 0.05) is 58.1 Å². The average molecular weight is 479 g/mol. The van der Waals surface area contributed by atoms with Crippen molar-refractivity contribution in [1.29, 1.82) is 0 Å². The fourth-order valence-corrected chi connectivity index (χ4v) is 3.70. The highest BCUT2D eigenvalue weighted by Crippen LogP contribution is 2.23. The van der Waals surface area contributed by atoms with Crippen LogP contribution in [0.5, 0.6) is 11.5 Å². The average Bonchev–Trinajstić information content (AvgIpc) is 2.84. The number of hydrogen-bond acceptors (Lipinski definition) is 7. The zero-order chi connectivity index (χ0) is 25.1. The van der Waals surface area contributed by atoms with Crippen LogP contribution >= 0.6 is 0 Å². The van der Waals surface area contributed by atoms with Gasteiger partial charge in [-0.25, -0.2) is 0 Å². The Kier molecular flexibility index (Phi) is 11.1. The van der Waals surface area contributed by atoms with Gasteiger partial charge in [-0.15, -0.1) is 0 Å². The second-order valence-corrected chi connectivity index (χ2v) is 8.59.